The van der Waals surface area contributed by atoms with Crippen molar-refractivity contribution in [1.82, 2.24) is 0 Å². The largest absolute Gasteiger partial charge is 0.465 e. The molecule has 6 nitrogen and oxygen atoms in total. The van der Waals surface area contributed by atoms with Crippen LogP contribution in [-0.4, -0.2) is 31.6 Å². The van der Waals surface area contributed by atoms with Gasteiger partial charge in [-0.1, -0.05) is 12.1 Å². The molecule has 148 valence electrons. The molecule has 1 amide bonds. The summed E-state index contributed by atoms with van der Waals surface area (Å²) in [5.41, 5.74) is 1.25. The molecule has 8 heteroatoms. The summed E-state index contributed by atoms with van der Waals surface area (Å²) >= 11 is 2.93. The molecule has 0 aliphatic rings. The second kappa shape index (κ2) is 9.81. The van der Waals surface area contributed by atoms with E-state index in [1.807, 2.05) is 35.0 Å². The summed E-state index contributed by atoms with van der Waals surface area (Å²) in [5.74, 6) is -1.52. The number of hydrogen-bond acceptors (Lipinski definition) is 7. The van der Waals surface area contributed by atoms with Gasteiger partial charge >= 0.3 is 11.9 Å². The Morgan fingerprint density at radius 2 is 1.72 bits per heavy atom. The van der Waals surface area contributed by atoms with Crippen molar-refractivity contribution in [2.24, 2.45) is 0 Å². The molecule has 0 spiro atoms. The van der Waals surface area contributed by atoms with Crippen LogP contribution in [0.3, 0.4) is 0 Å². The third-order valence-electron chi connectivity index (χ3n) is 3.76. The van der Waals surface area contributed by atoms with Gasteiger partial charge in [0.2, 0.25) is 0 Å². The topological polar surface area (TPSA) is 81.7 Å². The third-order valence-corrected chi connectivity index (χ3v) is 5.48. The fourth-order valence-corrected chi connectivity index (χ4v) is 3.78. The summed E-state index contributed by atoms with van der Waals surface area (Å²) in [6, 6.07) is 13.7. The highest BCUT2D eigenvalue weighted by Gasteiger charge is 2.17. The van der Waals surface area contributed by atoms with Gasteiger partial charge in [0.15, 0.2) is 6.61 Å². The van der Waals surface area contributed by atoms with Crippen molar-refractivity contribution in [3.63, 3.8) is 0 Å². The number of carbonyl (C=O) groups is 3. The first-order valence-corrected chi connectivity index (χ1v) is 10.3. The number of rotatable bonds is 7. The molecule has 0 atom stereocenters. The number of thiophene rings is 2. The summed E-state index contributed by atoms with van der Waals surface area (Å²) in [6.45, 7) is -0.426. The zero-order valence-electron chi connectivity index (χ0n) is 15.4. The first-order valence-electron chi connectivity index (χ1n) is 8.51. The van der Waals surface area contributed by atoms with Gasteiger partial charge in [-0.3, -0.25) is 4.79 Å². The van der Waals surface area contributed by atoms with Crippen molar-refractivity contribution in [3.05, 3.63) is 74.6 Å². The Balaban J connectivity index is 1.61. The van der Waals surface area contributed by atoms with E-state index < -0.39 is 24.5 Å². The van der Waals surface area contributed by atoms with Crippen LogP contribution in [0.25, 0.3) is 11.6 Å². The van der Waals surface area contributed by atoms with Gasteiger partial charge in [0.1, 0.15) is 0 Å². The van der Waals surface area contributed by atoms with Crippen LogP contribution in [0.2, 0.25) is 0 Å². The van der Waals surface area contributed by atoms with Crippen LogP contribution >= 0.6 is 22.7 Å². The standard InChI is InChI=1S/C21H17NO5S2/c1-26-20(24)14-6-8-15(9-7-14)22-19(23)13-27-21(25)17(18-5-3-11-29-18)12-16-4-2-10-28-16/h2-12H,13H2,1H3,(H,22,23)/b17-12+. The van der Waals surface area contributed by atoms with Crippen molar-refractivity contribution >= 4 is 57.9 Å². The van der Waals surface area contributed by atoms with Crippen molar-refractivity contribution in [2.75, 3.05) is 19.0 Å². The second-order valence-electron chi connectivity index (χ2n) is 5.74. The van der Waals surface area contributed by atoms with Crippen LogP contribution in [0.4, 0.5) is 5.69 Å². The van der Waals surface area contributed by atoms with Gasteiger partial charge in [-0.15, -0.1) is 22.7 Å². The Labute approximate surface area is 175 Å². The number of benzene rings is 1. The molecule has 3 aromatic rings. The maximum Gasteiger partial charge on any atom is 0.340 e. The first kappa shape index (κ1) is 20.5. The van der Waals surface area contributed by atoms with Gasteiger partial charge in [0.25, 0.3) is 5.91 Å². The van der Waals surface area contributed by atoms with Crippen molar-refractivity contribution in [2.45, 2.75) is 0 Å². The summed E-state index contributed by atoms with van der Waals surface area (Å²) in [4.78, 5) is 37.8. The van der Waals surface area contributed by atoms with E-state index in [1.54, 1.807) is 18.2 Å². The van der Waals surface area contributed by atoms with Crippen LogP contribution in [0.1, 0.15) is 20.1 Å². The molecule has 0 aliphatic heterocycles. The molecule has 29 heavy (non-hydrogen) atoms. The molecule has 1 N–H and O–H groups in total. The maximum atomic E-state index is 12.6. The van der Waals surface area contributed by atoms with E-state index in [4.69, 9.17) is 4.74 Å². The maximum absolute atomic E-state index is 12.6. The molecule has 2 heterocycles. The highest BCUT2D eigenvalue weighted by Crippen LogP contribution is 2.25. The zero-order chi connectivity index (χ0) is 20.6. The number of esters is 2. The Morgan fingerprint density at radius 3 is 2.34 bits per heavy atom. The average Bonchev–Trinajstić information content (AvgIpc) is 3.44. The van der Waals surface area contributed by atoms with E-state index in [9.17, 15) is 14.4 Å². The molecule has 0 bridgehead atoms. The SMILES string of the molecule is COC(=O)c1ccc(NC(=O)COC(=O)/C(=C/c2cccs2)c2cccs2)cc1. The number of ether oxygens (including phenoxy) is 2. The second-order valence-corrected chi connectivity index (χ2v) is 7.67. The molecule has 0 aliphatic carbocycles. The Morgan fingerprint density at radius 1 is 1.00 bits per heavy atom. The Kier molecular flexibility index (Phi) is 6.94. The molecular weight excluding hydrogens is 410 g/mol. The summed E-state index contributed by atoms with van der Waals surface area (Å²) < 4.78 is 9.83. The minimum Gasteiger partial charge on any atom is -0.465 e. The number of anilines is 1. The lowest BCUT2D eigenvalue weighted by molar-refractivity contribution is -0.141. The number of hydrogen-bond donors (Lipinski definition) is 1. The molecule has 2 aromatic heterocycles. The fourth-order valence-electron chi connectivity index (χ4n) is 2.39. The van der Waals surface area contributed by atoms with Gasteiger partial charge < -0.3 is 14.8 Å². The lowest BCUT2D eigenvalue weighted by Gasteiger charge is -2.08. The monoisotopic (exact) mass is 427 g/mol. The average molecular weight is 428 g/mol. The normalized spacial score (nSPS) is 11.0. The van der Waals surface area contributed by atoms with E-state index in [2.05, 4.69) is 10.1 Å². The van der Waals surface area contributed by atoms with Crippen LogP contribution in [-0.2, 0) is 19.1 Å². The summed E-state index contributed by atoms with van der Waals surface area (Å²) in [5, 5.41) is 6.41. The van der Waals surface area contributed by atoms with Crippen molar-refractivity contribution < 1.29 is 23.9 Å². The van der Waals surface area contributed by atoms with Gasteiger partial charge in [-0.25, -0.2) is 9.59 Å². The summed E-state index contributed by atoms with van der Waals surface area (Å²) in [6.07, 6.45) is 1.75. The summed E-state index contributed by atoms with van der Waals surface area (Å²) in [7, 11) is 1.30. The number of carbonyl (C=O) groups excluding carboxylic acids is 3. The minimum atomic E-state index is -0.572. The molecule has 0 radical (unpaired) electrons. The van der Waals surface area contributed by atoms with E-state index in [1.165, 1.54) is 41.9 Å². The van der Waals surface area contributed by atoms with Crippen LogP contribution in [0, 0.1) is 0 Å². The highest BCUT2D eigenvalue weighted by atomic mass is 32.1. The molecule has 0 saturated carbocycles. The lowest BCUT2D eigenvalue weighted by Crippen LogP contribution is -2.21. The Hall–Kier alpha value is -3.23. The smallest absolute Gasteiger partial charge is 0.340 e. The van der Waals surface area contributed by atoms with Gasteiger partial charge in [0, 0.05) is 15.4 Å². The third kappa shape index (κ3) is 5.63. The van der Waals surface area contributed by atoms with Gasteiger partial charge in [0.05, 0.1) is 18.2 Å². The zero-order valence-corrected chi connectivity index (χ0v) is 17.0. The van der Waals surface area contributed by atoms with E-state index in [0.29, 0.717) is 16.8 Å². The lowest BCUT2D eigenvalue weighted by atomic mass is 10.2. The van der Waals surface area contributed by atoms with E-state index in [0.717, 1.165) is 9.75 Å². The molecule has 0 fully saturated rings. The van der Waals surface area contributed by atoms with Crippen LogP contribution in [0.5, 0.6) is 0 Å². The molecular formula is C21H17NO5S2. The van der Waals surface area contributed by atoms with Gasteiger partial charge in [-0.2, -0.15) is 0 Å². The van der Waals surface area contributed by atoms with Crippen LogP contribution < -0.4 is 5.32 Å². The molecule has 0 saturated heterocycles. The number of methoxy groups -OCH3 is 1. The predicted molar refractivity (Wildman–Crippen MR) is 114 cm³/mol. The highest BCUT2D eigenvalue weighted by molar-refractivity contribution is 7.12. The van der Waals surface area contributed by atoms with Crippen LogP contribution in [0.15, 0.2) is 59.3 Å². The number of nitrogens with one attached hydrogen (secondary N) is 1. The Bertz CT molecular complexity index is 1010. The van der Waals surface area contributed by atoms with Gasteiger partial charge in [-0.05, 0) is 53.2 Å². The van der Waals surface area contributed by atoms with E-state index in [-0.39, 0.29) is 0 Å². The minimum absolute atomic E-state index is 0.372. The number of amides is 1. The molecule has 0 unspecified atom stereocenters. The predicted octanol–water partition coefficient (Wildman–Crippen LogP) is 4.32. The van der Waals surface area contributed by atoms with Crippen molar-refractivity contribution in [1.29, 1.82) is 0 Å². The molecule has 1 aromatic carbocycles. The quantitative estimate of drug-likeness (QED) is 0.449. The van der Waals surface area contributed by atoms with E-state index >= 15 is 0 Å². The molecule has 3 rings (SSSR count). The fraction of sp³-hybridized carbons (Fsp3) is 0.0952. The first-order chi connectivity index (χ1) is 14.1. The van der Waals surface area contributed by atoms with Crippen molar-refractivity contribution in [3.8, 4) is 0 Å².